The number of nitrogens with zero attached hydrogens (tertiary/aromatic N) is 2. The van der Waals surface area contributed by atoms with Gasteiger partial charge in [-0.15, -0.1) is 0 Å². The van der Waals surface area contributed by atoms with Gasteiger partial charge in [-0.05, 0) is 76.1 Å². The maximum absolute atomic E-state index is 12.6. The lowest BCUT2D eigenvalue weighted by Gasteiger charge is -2.37. The first kappa shape index (κ1) is 29.4. The second-order valence-electron chi connectivity index (χ2n) is 11.6. The molecule has 2 fully saturated rings. The minimum absolute atomic E-state index is 0.178. The van der Waals surface area contributed by atoms with Gasteiger partial charge >= 0.3 is 0 Å². The number of phenols is 1. The number of hydrogen-bond donors (Lipinski definition) is 2. The van der Waals surface area contributed by atoms with Crippen LogP contribution in [0.15, 0.2) is 103 Å². The van der Waals surface area contributed by atoms with Crippen molar-refractivity contribution in [2.45, 2.75) is 38.6 Å². The Morgan fingerprint density at radius 3 is 2.07 bits per heavy atom. The Bertz CT molecular complexity index is 1640. The number of rotatable bonds is 8. The molecule has 224 valence electrons. The SMILES string of the molecule is CCC(=C(c1ccc(O)cc1)c1ccc(N2CCN(Cc3ccccc3C3CCC(=O)NC3=O)CC2)cc1)c1ccccc1. The van der Waals surface area contributed by atoms with Crippen molar-refractivity contribution < 1.29 is 14.7 Å². The van der Waals surface area contributed by atoms with Crippen LogP contribution in [0.3, 0.4) is 0 Å². The fraction of sp³-hybridized carbons (Fsp3) is 0.263. The van der Waals surface area contributed by atoms with Crippen LogP contribution in [-0.4, -0.2) is 48.0 Å². The van der Waals surface area contributed by atoms with Crippen LogP contribution >= 0.6 is 0 Å². The largest absolute Gasteiger partial charge is 0.508 e. The van der Waals surface area contributed by atoms with Crippen LogP contribution in [0, 0.1) is 0 Å². The zero-order valence-corrected chi connectivity index (χ0v) is 25.2. The zero-order valence-electron chi connectivity index (χ0n) is 25.2. The second-order valence-corrected chi connectivity index (χ2v) is 11.6. The van der Waals surface area contributed by atoms with E-state index >= 15 is 0 Å². The van der Waals surface area contributed by atoms with Gasteiger partial charge in [0.2, 0.25) is 11.8 Å². The van der Waals surface area contributed by atoms with Gasteiger partial charge in [-0.1, -0.05) is 85.8 Å². The van der Waals surface area contributed by atoms with Crippen LogP contribution < -0.4 is 10.2 Å². The molecular weight excluding hydrogens is 546 g/mol. The van der Waals surface area contributed by atoms with Gasteiger partial charge in [-0.2, -0.15) is 0 Å². The average molecular weight is 586 g/mol. The van der Waals surface area contributed by atoms with Gasteiger partial charge in [0, 0.05) is 44.8 Å². The Labute approximate surface area is 259 Å². The molecule has 6 nitrogen and oxygen atoms in total. The molecule has 44 heavy (non-hydrogen) atoms. The minimum Gasteiger partial charge on any atom is -0.508 e. The zero-order chi connectivity index (χ0) is 30.5. The summed E-state index contributed by atoms with van der Waals surface area (Å²) in [4.78, 5) is 29.1. The number of aromatic hydroxyl groups is 1. The molecule has 2 aliphatic rings. The summed E-state index contributed by atoms with van der Waals surface area (Å²) in [6.45, 7) is 6.69. The van der Waals surface area contributed by atoms with E-state index in [0.717, 1.165) is 55.8 Å². The predicted molar refractivity (Wildman–Crippen MR) is 176 cm³/mol. The lowest BCUT2D eigenvalue weighted by atomic mass is 9.87. The highest BCUT2D eigenvalue weighted by atomic mass is 16.3. The summed E-state index contributed by atoms with van der Waals surface area (Å²) in [6, 6.07) is 35.1. The third kappa shape index (κ3) is 6.46. The number of imide groups is 1. The summed E-state index contributed by atoms with van der Waals surface area (Å²) in [5.41, 5.74) is 9.32. The highest BCUT2D eigenvalue weighted by molar-refractivity contribution is 6.01. The molecule has 0 aliphatic carbocycles. The molecule has 2 heterocycles. The standard InChI is InChI=1S/C38H39N3O3/c1-2-33(27-8-4-3-5-9-27)37(29-14-18-32(42)19-15-29)28-12-16-31(17-13-28)41-24-22-40(23-25-41)26-30-10-6-7-11-34(30)35-20-21-36(43)39-38(35)44/h3-19,35,42H,2,20-26H2,1H3,(H,39,43,44). The molecule has 2 saturated heterocycles. The molecule has 2 N–H and O–H groups in total. The van der Waals surface area contributed by atoms with Crippen molar-refractivity contribution in [3.05, 3.63) is 131 Å². The number of allylic oxidation sites excluding steroid dienone is 1. The van der Waals surface area contributed by atoms with Crippen molar-refractivity contribution in [3.63, 3.8) is 0 Å². The molecule has 6 rings (SSSR count). The minimum atomic E-state index is -0.265. The molecule has 4 aromatic rings. The molecule has 1 unspecified atom stereocenters. The lowest BCUT2D eigenvalue weighted by Crippen LogP contribution is -2.46. The number of piperazine rings is 1. The summed E-state index contributed by atoms with van der Waals surface area (Å²) in [6.07, 6.45) is 1.84. The van der Waals surface area contributed by atoms with Gasteiger partial charge in [-0.3, -0.25) is 19.8 Å². The number of carbonyl (C=O) groups is 2. The normalized spacial score (nSPS) is 18.1. The van der Waals surface area contributed by atoms with E-state index in [0.29, 0.717) is 12.8 Å². The number of phenolic OH excluding ortho intramolecular Hbond substituents is 1. The molecule has 2 aliphatic heterocycles. The van der Waals surface area contributed by atoms with Crippen LogP contribution in [-0.2, 0) is 16.1 Å². The molecule has 4 aromatic carbocycles. The molecule has 0 aromatic heterocycles. The molecule has 0 bridgehead atoms. The van der Waals surface area contributed by atoms with E-state index in [9.17, 15) is 14.7 Å². The van der Waals surface area contributed by atoms with Crippen molar-refractivity contribution >= 4 is 28.6 Å². The van der Waals surface area contributed by atoms with Gasteiger partial charge in [0.25, 0.3) is 0 Å². The number of nitrogens with one attached hydrogen (secondary N) is 1. The monoisotopic (exact) mass is 585 g/mol. The quantitative estimate of drug-likeness (QED) is 0.180. The molecular formula is C38H39N3O3. The highest BCUT2D eigenvalue weighted by Crippen LogP contribution is 2.36. The number of carbonyl (C=O) groups excluding carboxylic acids is 2. The molecule has 1 atom stereocenters. The topological polar surface area (TPSA) is 72.9 Å². The average Bonchev–Trinajstić information content (AvgIpc) is 3.06. The van der Waals surface area contributed by atoms with Gasteiger partial charge in [0.1, 0.15) is 5.75 Å². The Hall–Kier alpha value is -4.68. The van der Waals surface area contributed by atoms with Crippen LogP contribution in [0.2, 0.25) is 0 Å². The van der Waals surface area contributed by atoms with E-state index < -0.39 is 0 Å². The third-order valence-corrected chi connectivity index (χ3v) is 8.89. The van der Waals surface area contributed by atoms with Gasteiger partial charge in [0.05, 0.1) is 5.92 Å². The van der Waals surface area contributed by atoms with Crippen LogP contribution in [0.25, 0.3) is 11.1 Å². The van der Waals surface area contributed by atoms with Crippen LogP contribution in [0.1, 0.15) is 59.9 Å². The maximum atomic E-state index is 12.6. The van der Waals surface area contributed by atoms with E-state index in [1.807, 2.05) is 36.4 Å². The summed E-state index contributed by atoms with van der Waals surface area (Å²) in [5, 5.41) is 12.5. The number of piperidine rings is 1. The first-order valence-corrected chi connectivity index (χ1v) is 15.6. The van der Waals surface area contributed by atoms with E-state index in [1.165, 1.54) is 28.0 Å². The van der Waals surface area contributed by atoms with Crippen LogP contribution in [0.5, 0.6) is 5.75 Å². The van der Waals surface area contributed by atoms with Gasteiger partial charge in [0.15, 0.2) is 0 Å². The molecule has 0 radical (unpaired) electrons. The fourth-order valence-corrected chi connectivity index (χ4v) is 6.56. The number of hydrogen-bond acceptors (Lipinski definition) is 5. The maximum Gasteiger partial charge on any atom is 0.234 e. The first-order valence-electron chi connectivity index (χ1n) is 15.6. The number of amides is 2. The number of anilines is 1. The second kappa shape index (κ2) is 13.3. The van der Waals surface area contributed by atoms with E-state index in [-0.39, 0.29) is 23.5 Å². The van der Waals surface area contributed by atoms with E-state index in [1.54, 1.807) is 12.1 Å². The van der Waals surface area contributed by atoms with Gasteiger partial charge < -0.3 is 10.0 Å². The molecule has 0 saturated carbocycles. The molecule has 2 amide bonds. The van der Waals surface area contributed by atoms with Crippen molar-refractivity contribution in [3.8, 4) is 5.75 Å². The van der Waals surface area contributed by atoms with Gasteiger partial charge in [-0.25, -0.2) is 0 Å². The third-order valence-electron chi connectivity index (χ3n) is 8.89. The Kier molecular flexibility index (Phi) is 8.89. The van der Waals surface area contributed by atoms with Crippen molar-refractivity contribution in [1.29, 1.82) is 0 Å². The summed E-state index contributed by atoms with van der Waals surface area (Å²) >= 11 is 0. The smallest absolute Gasteiger partial charge is 0.234 e. The Morgan fingerprint density at radius 1 is 0.773 bits per heavy atom. The number of benzene rings is 4. The Balaban J connectivity index is 1.17. The first-order chi connectivity index (χ1) is 21.5. The lowest BCUT2D eigenvalue weighted by molar-refractivity contribution is -0.134. The van der Waals surface area contributed by atoms with Crippen molar-refractivity contribution in [2.75, 3.05) is 31.1 Å². The van der Waals surface area contributed by atoms with Crippen molar-refractivity contribution in [1.82, 2.24) is 10.2 Å². The van der Waals surface area contributed by atoms with Crippen LogP contribution in [0.4, 0.5) is 5.69 Å². The molecule has 0 spiro atoms. The summed E-state index contributed by atoms with van der Waals surface area (Å²) in [7, 11) is 0. The summed E-state index contributed by atoms with van der Waals surface area (Å²) < 4.78 is 0. The highest BCUT2D eigenvalue weighted by Gasteiger charge is 2.30. The fourth-order valence-electron chi connectivity index (χ4n) is 6.56. The molecule has 6 heteroatoms. The van der Waals surface area contributed by atoms with Crippen molar-refractivity contribution in [2.24, 2.45) is 0 Å². The Morgan fingerprint density at radius 2 is 1.41 bits per heavy atom. The van der Waals surface area contributed by atoms with E-state index in [2.05, 4.69) is 76.6 Å². The van der Waals surface area contributed by atoms with E-state index in [4.69, 9.17) is 0 Å². The summed E-state index contributed by atoms with van der Waals surface area (Å²) in [5.74, 6) is -0.359. The predicted octanol–water partition coefficient (Wildman–Crippen LogP) is 6.60.